The van der Waals surface area contributed by atoms with Gasteiger partial charge < -0.3 is 9.29 Å². The highest BCUT2D eigenvalue weighted by Crippen LogP contribution is 2.42. The normalized spacial score (nSPS) is 24.7. The highest BCUT2D eigenvalue weighted by molar-refractivity contribution is 7.85. The summed E-state index contributed by atoms with van der Waals surface area (Å²) < 4.78 is 31.6. The predicted molar refractivity (Wildman–Crippen MR) is 78.0 cm³/mol. The lowest BCUT2D eigenvalue weighted by atomic mass is 9.79. The van der Waals surface area contributed by atoms with Crippen molar-refractivity contribution in [3.63, 3.8) is 0 Å². The van der Waals surface area contributed by atoms with Gasteiger partial charge in [-0.2, -0.15) is 13.1 Å². The number of fused-ring (bicyclic) bond motifs is 1. The van der Waals surface area contributed by atoms with E-state index in [4.69, 9.17) is 4.18 Å². The topological polar surface area (TPSA) is 75.6 Å². The monoisotopic (exact) mass is 305 g/mol. The van der Waals surface area contributed by atoms with Crippen molar-refractivity contribution in [2.75, 3.05) is 0 Å². The lowest BCUT2D eigenvalue weighted by Crippen LogP contribution is -2.57. The molecule has 21 heavy (non-hydrogen) atoms. The van der Waals surface area contributed by atoms with Crippen LogP contribution in [0.4, 0.5) is 0 Å². The molecule has 2 N–H and O–H groups in total. The molecule has 1 aliphatic rings. The average molecular weight is 305 g/mol. The second kappa shape index (κ2) is 4.84. The molecule has 1 aliphatic heterocycles. The second-order valence-electron chi connectivity index (χ2n) is 4.99. The Morgan fingerprint density at radius 3 is 2.38 bits per heavy atom. The molecule has 0 saturated carbocycles. The van der Waals surface area contributed by atoms with Gasteiger partial charge in [-0.25, -0.2) is 0 Å². The fourth-order valence-corrected chi connectivity index (χ4v) is 3.94. The molecule has 0 aliphatic carbocycles. The summed E-state index contributed by atoms with van der Waals surface area (Å²) in [6.45, 7) is 1.55. The molecule has 2 aromatic carbocycles. The van der Waals surface area contributed by atoms with E-state index in [1.165, 1.54) is 0 Å². The molecule has 0 saturated heterocycles. The summed E-state index contributed by atoms with van der Waals surface area (Å²) in [5, 5.41) is 10.4. The molecule has 3 rings (SSSR count). The highest BCUT2D eigenvalue weighted by atomic mass is 32.2. The van der Waals surface area contributed by atoms with Gasteiger partial charge in [0.05, 0.1) is 6.10 Å². The maximum absolute atomic E-state index is 12.1. The molecule has 1 unspecified atom stereocenters. The average Bonchev–Trinajstić information content (AvgIpc) is 2.46. The Hall–Kier alpha value is -1.89. The molecule has 0 radical (unpaired) electrons. The van der Waals surface area contributed by atoms with Crippen LogP contribution >= 0.6 is 0 Å². The summed E-state index contributed by atoms with van der Waals surface area (Å²) in [4.78, 5) is 0. The van der Waals surface area contributed by atoms with E-state index in [1.54, 1.807) is 55.5 Å². The van der Waals surface area contributed by atoms with Crippen LogP contribution in [-0.2, 0) is 15.8 Å². The zero-order valence-corrected chi connectivity index (χ0v) is 12.2. The summed E-state index contributed by atoms with van der Waals surface area (Å²) in [5.41, 5.74) is -0.0325. The summed E-state index contributed by atoms with van der Waals surface area (Å²) in [7, 11) is -4.01. The van der Waals surface area contributed by atoms with E-state index >= 15 is 0 Å². The molecule has 2 aromatic rings. The van der Waals surface area contributed by atoms with Gasteiger partial charge in [0.2, 0.25) is 0 Å². The standard InChI is InChI=1S/C15H15NO4S/c1-11(17)15(12-7-3-2-4-8-12)13-9-5-6-10-14(13)20-21(18,19)16-15/h2-11,16-17H,1H3/t11-,15?/m1/s1. The molecule has 5 nitrogen and oxygen atoms in total. The molecule has 0 aromatic heterocycles. The quantitative estimate of drug-likeness (QED) is 0.882. The van der Waals surface area contributed by atoms with Gasteiger partial charge in [-0.3, -0.25) is 0 Å². The van der Waals surface area contributed by atoms with Crippen LogP contribution < -0.4 is 8.91 Å². The van der Waals surface area contributed by atoms with E-state index in [1.807, 2.05) is 6.07 Å². The fraction of sp³-hybridized carbons (Fsp3) is 0.200. The molecule has 0 spiro atoms. The van der Waals surface area contributed by atoms with Crippen LogP contribution in [0, 0.1) is 0 Å². The molecular weight excluding hydrogens is 290 g/mol. The Morgan fingerprint density at radius 1 is 1.10 bits per heavy atom. The van der Waals surface area contributed by atoms with Gasteiger partial charge in [0.15, 0.2) is 0 Å². The molecule has 6 heteroatoms. The minimum Gasteiger partial charge on any atom is -0.391 e. The van der Waals surface area contributed by atoms with Crippen LogP contribution in [-0.4, -0.2) is 19.6 Å². The summed E-state index contributed by atoms with van der Waals surface area (Å²) in [6.07, 6.45) is -0.986. The number of aliphatic hydroxyl groups excluding tert-OH is 1. The van der Waals surface area contributed by atoms with E-state index in [-0.39, 0.29) is 5.75 Å². The van der Waals surface area contributed by atoms with Crippen LogP contribution in [0.2, 0.25) is 0 Å². The van der Waals surface area contributed by atoms with Gasteiger partial charge in [0, 0.05) is 5.56 Å². The van der Waals surface area contributed by atoms with Crippen molar-refractivity contribution in [1.29, 1.82) is 0 Å². The molecule has 2 atom stereocenters. The van der Waals surface area contributed by atoms with Crippen molar-refractivity contribution in [3.05, 3.63) is 65.7 Å². The zero-order chi connectivity index (χ0) is 15.1. The van der Waals surface area contributed by atoms with E-state index in [2.05, 4.69) is 4.72 Å². The second-order valence-corrected chi connectivity index (χ2v) is 6.26. The van der Waals surface area contributed by atoms with Crippen molar-refractivity contribution in [2.45, 2.75) is 18.6 Å². The van der Waals surface area contributed by atoms with Crippen molar-refractivity contribution >= 4 is 10.3 Å². The Kier molecular flexibility index (Phi) is 3.24. The van der Waals surface area contributed by atoms with Crippen molar-refractivity contribution in [3.8, 4) is 5.75 Å². The Balaban J connectivity index is 2.35. The van der Waals surface area contributed by atoms with E-state index in [0.717, 1.165) is 0 Å². The minimum absolute atomic E-state index is 0.223. The van der Waals surface area contributed by atoms with E-state index < -0.39 is 21.9 Å². The number of hydrogen-bond acceptors (Lipinski definition) is 4. The maximum Gasteiger partial charge on any atom is 0.383 e. The van der Waals surface area contributed by atoms with E-state index in [9.17, 15) is 13.5 Å². The van der Waals surface area contributed by atoms with Gasteiger partial charge in [-0.05, 0) is 18.6 Å². The minimum atomic E-state index is -4.01. The van der Waals surface area contributed by atoms with Gasteiger partial charge >= 0.3 is 10.3 Å². The van der Waals surface area contributed by atoms with E-state index in [0.29, 0.717) is 11.1 Å². The van der Waals surface area contributed by atoms with Crippen LogP contribution in [0.5, 0.6) is 5.75 Å². The lowest BCUT2D eigenvalue weighted by Gasteiger charge is -2.41. The Labute approximate surface area is 123 Å². The highest BCUT2D eigenvalue weighted by Gasteiger charge is 2.48. The number of rotatable bonds is 2. The first-order valence-corrected chi connectivity index (χ1v) is 7.93. The van der Waals surface area contributed by atoms with Gasteiger partial charge in [-0.15, -0.1) is 0 Å². The van der Waals surface area contributed by atoms with Crippen LogP contribution in [0.1, 0.15) is 18.1 Å². The first kappa shape index (κ1) is 14.1. The van der Waals surface area contributed by atoms with Gasteiger partial charge in [0.1, 0.15) is 11.3 Å². The number of para-hydroxylation sites is 1. The van der Waals surface area contributed by atoms with Crippen LogP contribution in [0.3, 0.4) is 0 Å². The molecule has 0 fully saturated rings. The number of benzene rings is 2. The molecule has 0 amide bonds. The first-order chi connectivity index (χ1) is 9.96. The Bertz CT molecular complexity index is 758. The lowest BCUT2D eigenvalue weighted by molar-refractivity contribution is 0.106. The van der Waals surface area contributed by atoms with Gasteiger partial charge in [0.25, 0.3) is 0 Å². The molecule has 0 bridgehead atoms. The number of aliphatic hydroxyl groups is 1. The van der Waals surface area contributed by atoms with Crippen LogP contribution in [0.15, 0.2) is 54.6 Å². The third-order valence-electron chi connectivity index (χ3n) is 3.65. The Morgan fingerprint density at radius 2 is 1.71 bits per heavy atom. The third-order valence-corrected chi connectivity index (χ3v) is 4.62. The molecular formula is C15H15NO4S. The van der Waals surface area contributed by atoms with Crippen molar-refractivity contribution < 1.29 is 17.7 Å². The van der Waals surface area contributed by atoms with Crippen molar-refractivity contribution in [1.82, 2.24) is 4.72 Å². The molecule has 110 valence electrons. The zero-order valence-electron chi connectivity index (χ0n) is 11.4. The largest absolute Gasteiger partial charge is 0.391 e. The van der Waals surface area contributed by atoms with Gasteiger partial charge in [-0.1, -0.05) is 48.5 Å². The third kappa shape index (κ3) is 2.21. The number of nitrogens with one attached hydrogen (secondary N) is 1. The summed E-state index contributed by atoms with van der Waals surface area (Å²) in [5.74, 6) is 0.223. The smallest absolute Gasteiger partial charge is 0.383 e. The predicted octanol–water partition coefficient (Wildman–Crippen LogP) is 1.54. The summed E-state index contributed by atoms with van der Waals surface area (Å²) >= 11 is 0. The number of hydrogen-bond donors (Lipinski definition) is 2. The van der Waals surface area contributed by atoms with Crippen molar-refractivity contribution in [2.24, 2.45) is 0 Å². The SMILES string of the molecule is C[C@@H](O)C1(c2ccccc2)NS(=O)(=O)Oc2ccccc21. The molecule has 1 heterocycles. The summed E-state index contributed by atoms with van der Waals surface area (Å²) in [6, 6.07) is 15.8. The fourth-order valence-electron chi connectivity index (χ4n) is 2.72. The van der Waals surface area contributed by atoms with Crippen LogP contribution in [0.25, 0.3) is 0 Å². The first-order valence-electron chi connectivity index (χ1n) is 6.52. The maximum atomic E-state index is 12.1.